The van der Waals surface area contributed by atoms with Gasteiger partial charge in [0.15, 0.2) is 17.0 Å². The van der Waals surface area contributed by atoms with Gasteiger partial charge in [-0.2, -0.15) is 0 Å². The fourth-order valence-corrected chi connectivity index (χ4v) is 7.88. The summed E-state index contributed by atoms with van der Waals surface area (Å²) in [6.45, 7) is 10.8. The molecule has 0 spiro atoms. The highest BCUT2D eigenvalue weighted by molar-refractivity contribution is 7.44. The quantitative estimate of drug-likeness (QED) is 0.190. The van der Waals surface area contributed by atoms with Crippen LogP contribution >= 0.6 is 8.53 Å². The third-order valence-electron chi connectivity index (χ3n) is 8.19. The Morgan fingerprint density at radius 2 is 1.70 bits per heavy atom. The van der Waals surface area contributed by atoms with Crippen LogP contribution in [0.25, 0.3) is 22.3 Å². The number of nitrogens with one attached hydrogen (secondary N) is 1. The number of nitrogens with zero attached hydrogens (tertiary/aromatic N) is 5. The zero-order chi connectivity index (χ0) is 31.0. The van der Waals surface area contributed by atoms with Gasteiger partial charge in [0.2, 0.25) is 0 Å². The molecule has 4 atom stereocenters. The number of imidazole rings is 1. The Hall–Kier alpha value is -3.47. The largest absolute Gasteiger partial charge is 0.448 e. The molecule has 0 radical (unpaired) electrons. The fraction of sp³-hybridized carbons (Fsp3) is 0.438. The van der Waals surface area contributed by atoms with Crippen molar-refractivity contribution in [1.82, 2.24) is 24.2 Å². The highest BCUT2D eigenvalue weighted by Crippen LogP contribution is 2.49. The van der Waals surface area contributed by atoms with Crippen LogP contribution in [0, 0.1) is 0 Å². The first-order valence-corrected chi connectivity index (χ1v) is 16.1. The average Bonchev–Trinajstić information content (AvgIpc) is 3.69. The van der Waals surface area contributed by atoms with Crippen LogP contribution in [0.15, 0.2) is 61.2 Å². The zero-order valence-electron chi connectivity index (χ0n) is 25.9. The highest BCUT2D eigenvalue weighted by Gasteiger charge is 2.39. The predicted octanol–water partition coefficient (Wildman–Crippen LogP) is 6.87. The minimum absolute atomic E-state index is 0.0401. The molecule has 0 bridgehead atoms. The van der Waals surface area contributed by atoms with E-state index in [0.717, 1.165) is 11.1 Å². The number of hydrogen-bond donors (Lipinski definition) is 1. The van der Waals surface area contributed by atoms with Gasteiger partial charge in [-0.1, -0.05) is 48.5 Å². The van der Waals surface area contributed by atoms with Gasteiger partial charge >= 0.3 is 6.09 Å². The molecule has 44 heavy (non-hydrogen) atoms. The molecular formula is C32H39N6O5P. The summed E-state index contributed by atoms with van der Waals surface area (Å²) < 4.78 is 28.4. The Balaban J connectivity index is 1.13. The van der Waals surface area contributed by atoms with Crippen LogP contribution in [0.2, 0.25) is 0 Å². The van der Waals surface area contributed by atoms with Crippen molar-refractivity contribution in [3.63, 3.8) is 0 Å². The molecule has 1 amide bonds. The molecule has 1 aliphatic heterocycles. The summed E-state index contributed by atoms with van der Waals surface area (Å²) in [4.78, 5) is 26.3. The van der Waals surface area contributed by atoms with Gasteiger partial charge in [-0.25, -0.2) is 24.4 Å². The Bertz CT molecular complexity index is 1580. The maximum atomic E-state index is 13.0. The van der Waals surface area contributed by atoms with Crippen LogP contribution < -0.4 is 5.32 Å². The molecule has 4 aromatic rings. The zero-order valence-corrected chi connectivity index (χ0v) is 26.8. The summed E-state index contributed by atoms with van der Waals surface area (Å²) in [5, 5.41) is 2.77. The van der Waals surface area contributed by atoms with Crippen LogP contribution in [-0.4, -0.2) is 68.3 Å². The van der Waals surface area contributed by atoms with Crippen LogP contribution in [0.3, 0.4) is 0 Å². The van der Waals surface area contributed by atoms with Crippen molar-refractivity contribution in [2.45, 2.75) is 77.5 Å². The Kier molecular flexibility index (Phi) is 8.94. The first-order chi connectivity index (χ1) is 21.3. The van der Waals surface area contributed by atoms with Crippen LogP contribution in [0.5, 0.6) is 0 Å². The standard InChI is InChI=1S/C32H39N6O5P/c1-19(2)38(20(3)4)44(40-6)43-27-15-28(42-21(27)5)37-18-35-29-30(33-17-34-31(29)37)36-32(39)41-16-26-24-13-9-7-11-22(24)23-12-8-10-14-25(23)26/h7-14,17-21,26-28H,15-16H2,1-6H3,(H,33,34,36,39)/t21-,27?,28-,44?/m1/s1. The molecule has 1 aliphatic carbocycles. The molecule has 11 nitrogen and oxygen atoms in total. The summed E-state index contributed by atoms with van der Waals surface area (Å²) >= 11 is 0. The maximum Gasteiger partial charge on any atom is 0.412 e. The number of fused-ring (bicyclic) bond motifs is 4. The monoisotopic (exact) mass is 618 g/mol. The number of anilines is 1. The van der Waals surface area contributed by atoms with Crippen molar-refractivity contribution < 1.29 is 23.3 Å². The lowest BCUT2D eigenvalue weighted by molar-refractivity contribution is -0.00447. The number of rotatable bonds is 10. The Morgan fingerprint density at radius 3 is 2.34 bits per heavy atom. The summed E-state index contributed by atoms with van der Waals surface area (Å²) in [7, 11) is 0.428. The molecule has 0 saturated carbocycles. The second kappa shape index (κ2) is 12.9. The molecule has 1 saturated heterocycles. The van der Waals surface area contributed by atoms with E-state index in [-0.39, 0.29) is 48.9 Å². The molecule has 2 aliphatic rings. The van der Waals surface area contributed by atoms with Crippen molar-refractivity contribution in [1.29, 1.82) is 0 Å². The van der Waals surface area contributed by atoms with Crippen molar-refractivity contribution in [2.24, 2.45) is 0 Å². The van der Waals surface area contributed by atoms with Crippen LogP contribution in [0.4, 0.5) is 10.6 Å². The van der Waals surface area contributed by atoms with Crippen molar-refractivity contribution >= 4 is 31.6 Å². The van der Waals surface area contributed by atoms with Crippen molar-refractivity contribution in [2.75, 3.05) is 19.0 Å². The molecule has 6 rings (SSSR count). The lowest BCUT2D eigenvalue weighted by Crippen LogP contribution is -2.35. The van der Waals surface area contributed by atoms with E-state index in [0.29, 0.717) is 17.6 Å². The van der Waals surface area contributed by atoms with Crippen LogP contribution in [-0.2, 0) is 18.5 Å². The van der Waals surface area contributed by atoms with E-state index in [1.54, 1.807) is 13.4 Å². The number of hydrogen-bond acceptors (Lipinski definition) is 9. The molecule has 2 aromatic heterocycles. The number of carbonyl (C=O) groups is 1. The van der Waals surface area contributed by atoms with Gasteiger partial charge in [-0.05, 0) is 56.9 Å². The molecular weight excluding hydrogens is 579 g/mol. The lowest BCUT2D eigenvalue weighted by Gasteiger charge is -2.36. The second-order valence-electron chi connectivity index (χ2n) is 11.7. The van der Waals surface area contributed by atoms with Gasteiger partial charge in [-0.3, -0.25) is 9.88 Å². The Morgan fingerprint density at radius 1 is 1.05 bits per heavy atom. The minimum atomic E-state index is -1.26. The second-order valence-corrected chi connectivity index (χ2v) is 13.2. The fourth-order valence-electron chi connectivity index (χ4n) is 6.26. The summed E-state index contributed by atoms with van der Waals surface area (Å²) in [6.07, 6.45) is 2.36. The van der Waals surface area contributed by atoms with Crippen molar-refractivity contribution in [3.8, 4) is 11.1 Å². The van der Waals surface area contributed by atoms with E-state index in [9.17, 15) is 4.79 Å². The van der Waals surface area contributed by atoms with Crippen molar-refractivity contribution in [3.05, 3.63) is 72.3 Å². The van der Waals surface area contributed by atoms with E-state index < -0.39 is 14.6 Å². The van der Waals surface area contributed by atoms with E-state index in [1.807, 2.05) is 35.8 Å². The normalized spacial score (nSPS) is 20.4. The topological polar surface area (TPSA) is 113 Å². The first kappa shape index (κ1) is 30.6. The first-order valence-electron chi connectivity index (χ1n) is 15.0. The smallest absolute Gasteiger partial charge is 0.412 e. The molecule has 2 unspecified atom stereocenters. The SMILES string of the molecule is COP(OC1C[C@H](n2cnc3c(NC(=O)OCC4c5ccccc5-c5ccccc54)ncnc32)O[C@@H]1C)N(C(C)C)C(C)C. The third kappa shape index (κ3) is 5.82. The molecule has 232 valence electrons. The number of carbonyl (C=O) groups excluding carboxylic acids is 1. The van der Waals surface area contributed by atoms with E-state index in [2.05, 4.69) is 76.9 Å². The summed E-state index contributed by atoms with van der Waals surface area (Å²) in [5.41, 5.74) is 5.65. The number of ether oxygens (including phenoxy) is 2. The molecule has 12 heteroatoms. The Labute approximate surface area is 258 Å². The number of aromatic nitrogens is 4. The van der Waals surface area contributed by atoms with Gasteiger partial charge in [0.1, 0.15) is 19.2 Å². The van der Waals surface area contributed by atoms with Gasteiger partial charge in [-0.15, -0.1) is 0 Å². The van der Waals surface area contributed by atoms with Gasteiger partial charge in [0, 0.05) is 31.5 Å². The molecule has 2 aromatic carbocycles. The number of benzene rings is 2. The maximum absolute atomic E-state index is 13.0. The van der Waals surface area contributed by atoms with E-state index >= 15 is 0 Å². The molecule has 1 N–H and O–H groups in total. The highest BCUT2D eigenvalue weighted by atomic mass is 31.2. The molecule has 3 heterocycles. The third-order valence-corrected chi connectivity index (χ3v) is 10.3. The summed E-state index contributed by atoms with van der Waals surface area (Å²) in [6, 6.07) is 17.0. The minimum Gasteiger partial charge on any atom is -0.448 e. The lowest BCUT2D eigenvalue weighted by atomic mass is 9.98. The average molecular weight is 619 g/mol. The van der Waals surface area contributed by atoms with Gasteiger partial charge < -0.3 is 18.5 Å². The molecule has 1 fully saturated rings. The number of amides is 1. The predicted molar refractivity (Wildman–Crippen MR) is 169 cm³/mol. The van der Waals surface area contributed by atoms with Gasteiger partial charge in [0.05, 0.1) is 18.5 Å². The van der Waals surface area contributed by atoms with E-state index in [1.165, 1.54) is 17.5 Å². The van der Waals surface area contributed by atoms with Gasteiger partial charge in [0.25, 0.3) is 8.53 Å². The summed E-state index contributed by atoms with van der Waals surface area (Å²) in [5.74, 6) is 0.235. The van der Waals surface area contributed by atoms with Crippen LogP contribution in [0.1, 0.15) is 64.3 Å². The van der Waals surface area contributed by atoms with E-state index in [4.69, 9.17) is 18.5 Å².